The van der Waals surface area contributed by atoms with E-state index in [2.05, 4.69) is 21.7 Å². The van der Waals surface area contributed by atoms with Crippen LogP contribution in [0.5, 0.6) is 0 Å². The van der Waals surface area contributed by atoms with Crippen molar-refractivity contribution in [3.05, 3.63) is 17.3 Å². The third-order valence-corrected chi connectivity index (χ3v) is 5.02. The molecular formula is C19H29ClN4O2. The van der Waals surface area contributed by atoms with Crippen LogP contribution in [0.2, 0.25) is 5.02 Å². The summed E-state index contributed by atoms with van der Waals surface area (Å²) in [6.07, 6.45) is 3.87. The number of piperazine rings is 1. The molecule has 144 valence electrons. The number of pyridine rings is 1. The Morgan fingerprint density at radius 1 is 1.23 bits per heavy atom. The maximum Gasteiger partial charge on any atom is 0.410 e. The minimum absolute atomic E-state index is 0.159. The molecule has 1 atom stereocenters. The highest BCUT2D eigenvalue weighted by molar-refractivity contribution is 6.30. The molecule has 0 aliphatic carbocycles. The predicted octanol–water partition coefficient (Wildman–Crippen LogP) is 3.78. The fourth-order valence-corrected chi connectivity index (χ4v) is 3.75. The summed E-state index contributed by atoms with van der Waals surface area (Å²) < 4.78 is 5.51. The SMILES string of the molecule is C[C@H]1CN(C(=O)OC(C)(C)C)CCN1c1ncc(Cl)cc1N1CCCC1. The maximum absolute atomic E-state index is 12.4. The fraction of sp³-hybridized carbons (Fsp3) is 0.684. The van der Waals surface area contributed by atoms with E-state index in [0.717, 1.165) is 31.1 Å². The Morgan fingerprint density at radius 3 is 2.54 bits per heavy atom. The molecule has 0 N–H and O–H groups in total. The summed E-state index contributed by atoms with van der Waals surface area (Å²) in [5, 5.41) is 0.663. The van der Waals surface area contributed by atoms with Gasteiger partial charge in [-0.3, -0.25) is 0 Å². The molecule has 0 bridgehead atoms. The highest BCUT2D eigenvalue weighted by Gasteiger charge is 2.32. The molecule has 0 aromatic carbocycles. The first-order valence-corrected chi connectivity index (χ1v) is 9.77. The van der Waals surface area contributed by atoms with E-state index in [1.165, 1.54) is 12.8 Å². The molecule has 1 aromatic heterocycles. The molecule has 2 saturated heterocycles. The summed E-state index contributed by atoms with van der Waals surface area (Å²) in [5.41, 5.74) is 0.630. The quantitative estimate of drug-likeness (QED) is 0.781. The summed E-state index contributed by atoms with van der Waals surface area (Å²) in [7, 11) is 0. The first-order chi connectivity index (χ1) is 12.2. The second kappa shape index (κ2) is 7.51. The molecule has 0 spiro atoms. The molecule has 6 nitrogen and oxygen atoms in total. The van der Waals surface area contributed by atoms with Crippen LogP contribution in [0, 0.1) is 0 Å². The largest absolute Gasteiger partial charge is 0.444 e. The minimum atomic E-state index is -0.474. The van der Waals surface area contributed by atoms with Crippen LogP contribution >= 0.6 is 11.6 Å². The minimum Gasteiger partial charge on any atom is -0.444 e. The van der Waals surface area contributed by atoms with Crippen LogP contribution in [0.3, 0.4) is 0 Å². The number of carbonyl (C=O) groups is 1. The van der Waals surface area contributed by atoms with E-state index in [-0.39, 0.29) is 12.1 Å². The lowest BCUT2D eigenvalue weighted by Crippen LogP contribution is -2.55. The number of hydrogen-bond donors (Lipinski definition) is 0. The van der Waals surface area contributed by atoms with Gasteiger partial charge in [-0.2, -0.15) is 0 Å². The lowest BCUT2D eigenvalue weighted by molar-refractivity contribution is 0.0218. The second-order valence-electron chi connectivity index (χ2n) is 8.16. The van der Waals surface area contributed by atoms with Gasteiger partial charge in [-0.1, -0.05) is 11.6 Å². The molecule has 1 aromatic rings. The summed E-state index contributed by atoms with van der Waals surface area (Å²) in [6, 6.07) is 2.17. The summed E-state index contributed by atoms with van der Waals surface area (Å²) in [6.45, 7) is 11.9. The second-order valence-corrected chi connectivity index (χ2v) is 8.60. The number of ether oxygens (including phenoxy) is 1. The van der Waals surface area contributed by atoms with Crippen molar-refractivity contribution >= 4 is 29.2 Å². The van der Waals surface area contributed by atoms with E-state index in [1.807, 2.05) is 26.8 Å². The van der Waals surface area contributed by atoms with Gasteiger partial charge in [-0.25, -0.2) is 9.78 Å². The van der Waals surface area contributed by atoms with E-state index in [4.69, 9.17) is 16.3 Å². The van der Waals surface area contributed by atoms with Crippen LogP contribution in [0.4, 0.5) is 16.3 Å². The number of hydrogen-bond acceptors (Lipinski definition) is 5. The third kappa shape index (κ3) is 4.34. The number of anilines is 2. The number of halogens is 1. The Morgan fingerprint density at radius 2 is 1.92 bits per heavy atom. The number of carbonyl (C=O) groups excluding carboxylic acids is 1. The van der Waals surface area contributed by atoms with Crippen molar-refractivity contribution in [2.75, 3.05) is 42.5 Å². The number of aromatic nitrogens is 1. The van der Waals surface area contributed by atoms with Crippen molar-refractivity contribution in [3.63, 3.8) is 0 Å². The molecule has 7 heteroatoms. The molecule has 2 fully saturated rings. The summed E-state index contributed by atoms with van der Waals surface area (Å²) >= 11 is 6.22. The molecule has 0 radical (unpaired) electrons. The van der Waals surface area contributed by atoms with Crippen molar-refractivity contribution in [1.29, 1.82) is 0 Å². The van der Waals surface area contributed by atoms with Crippen LogP contribution in [0.25, 0.3) is 0 Å². The normalized spacial score (nSPS) is 21.3. The lowest BCUT2D eigenvalue weighted by atomic mass is 10.1. The Bertz CT molecular complexity index is 655. The molecular weight excluding hydrogens is 352 g/mol. The number of amides is 1. The Hall–Kier alpha value is -1.69. The van der Waals surface area contributed by atoms with Crippen molar-refractivity contribution in [2.24, 2.45) is 0 Å². The zero-order valence-corrected chi connectivity index (χ0v) is 16.9. The van der Waals surface area contributed by atoms with Crippen LogP contribution in [-0.4, -0.2) is 60.3 Å². The lowest BCUT2D eigenvalue weighted by Gasteiger charge is -2.42. The van der Waals surface area contributed by atoms with E-state index >= 15 is 0 Å². The molecule has 26 heavy (non-hydrogen) atoms. The van der Waals surface area contributed by atoms with Gasteiger partial charge in [-0.15, -0.1) is 0 Å². The van der Waals surface area contributed by atoms with Gasteiger partial charge < -0.3 is 19.4 Å². The topological polar surface area (TPSA) is 48.9 Å². The molecule has 0 saturated carbocycles. The summed E-state index contributed by atoms with van der Waals surface area (Å²) in [5.74, 6) is 0.965. The van der Waals surface area contributed by atoms with Crippen LogP contribution in [0.15, 0.2) is 12.3 Å². The molecule has 1 amide bonds. The summed E-state index contributed by atoms with van der Waals surface area (Å²) in [4.78, 5) is 23.4. The van der Waals surface area contributed by atoms with Crippen LogP contribution < -0.4 is 9.80 Å². The zero-order valence-electron chi connectivity index (χ0n) is 16.2. The monoisotopic (exact) mass is 380 g/mol. The molecule has 0 unspecified atom stereocenters. The van der Waals surface area contributed by atoms with Crippen molar-refractivity contribution in [3.8, 4) is 0 Å². The smallest absolute Gasteiger partial charge is 0.410 e. The average Bonchev–Trinajstić information content (AvgIpc) is 3.08. The van der Waals surface area contributed by atoms with Gasteiger partial charge >= 0.3 is 6.09 Å². The Labute approximate surface area is 161 Å². The van der Waals surface area contributed by atoms with Gasteiger partial charge in [0.2, 0.25) is 0 Å². The van der Waals surface area contributed by atoms with Crippen LogP contribution in [-0.2, 0) is 4.74 Å². The highest BCUT2D eigenvalue weighted by Crippen LogP contribution is 2.34. The molecule has 2 aliphatic heterocycles. The van der Waals surface area contributed by atoms with E-state index in [1.54, 1.807) is 11.1 Å². The van der Waals surface area contributed by atoms with Gasteiger partial charge in [0.1, 0.15) is 5.60 Å². The first kappa shape index (κ1) is 19.1. The maximum atomic E-state index is 12.4. The molecule has 3 rings (SSSR count). The van der Waals surface area contributed by atoms with Gasteiger partial charge in [0.05, 0.1) is 10.7 Å². The van der Waals surface area contributed by atoms with E-state index < -0.39 is 5.60 Å². The van der Waals surface area contributed by atoms with E-state index in [0.29, 0.717) is 18.1 Å². The third-order valence-electron chi connectivity index (χ3n) is 4.81. The number of rotatable bonds is 2. The van der Waals surface area contributed by atoms with Gasteiger partial charge in [0, 0.05) is 45.0 Å². The van der Waals surface area contributed by atoms with Gasteiger partial charge in [0.15, 0.2) is 5.82 Å². The van der Waals surface area contributed by atoms with Crippen molar-refractivity contribution in [1.82, 2.24) is 9.88 Å². The molecule has 3 heterocycles. The average molecular weight is 381 g/mol. The standard InChI is InChI=1S/C19H29ClN4O2/c1-14-13-23(18(25)26-19(2,3)4)9-10-24(14)17-16(11-15(20)12-21-17)22-7-5-6-8-22/h11-12,14H,5-10,13H2,1-4H3/t14-/m0/s1. The Balaban J connectivity index is 1.75. The van der Waals surface area contributed by atoms with Crippen molar-refractivity contribution in [2.45, 2.75) is 52.2 Å². The first-order valence-electron chi connectivity index (χ1n) is 9.39. The Kier molecular flexibility index (Phi) is 5.51. The predicted molar refractivity (Wildman–Crippen MR) is 105 cm³/mol. The zero-order chi connectivity index (χ0) is 18.9. The molecule has 2 aliphatic rings. The number of nitrogens with zero attached hydrogens (tertiary/aromatic N) is 4. The van der Waals surface area contributed by atoms with Gasteiger partial charge in [0.25, 0.3) is 0 Å². The van der Waals surface area contributed by atoms with Crippen molar-refractivity contribution < 1.29 is 9.53 Å². The van der Waals surface area contributed by atoms with E-state index in [9.17, 15) is 4.79 Å². The van der Waals surface area contributed by atoms with Crippen LogP contribution in [0.1, 0.15) is 40.5 Å². The van der Waals surface area contributed by atoms with Gasteiger partial charge in [-0.05, 0) is 46.6 Å². The highest BCUT2D eigenvalue weighted by atomic mass is 35.5. The fourth-order valence-electron chi connectivity index (χ4n) is 3.60.